The number of carboxylic acids is 1. The SMILES string of the molecule is O=C(O)CC1Sc2cc(F)ccc2N(Cc2nc3c(F)c(F)ccc3s2)C1=O. The maximum absolute atomic E-state index is 13.9. The van der Waals surface area contributed by atoms with E-state index >= 15 is 0 Å². The van der Waals surface area contributed by atoms with Crippen molar-refractivity contribution in [1.29, 1.82) is 0 Å². The van der Waals surface area contributed by atoms with Crippen LogP contribution >= 0.6 is 23.1 Å². The number of carbonyl (C=O) groups is 2. The van der Waals surface area contributed by atoms with E-state index in [9.17, 15) is 22.8 Å². The van der Waals surface area contributed by atoms with Gasteiger partial charge in [-0.15, -0.1) is 23.1 Å². The number of aliphatic carboxylic acids is 1. The maximum Gasteiger partial charge on any atom is 0.305 e. The highest BCUT2D eigenvalue weighted by Gasteiger charge is 2.35. The maximum atomic E-state index is 13.9. The Morgan fingerprint density at radius 1 is 1.21 bits per heavy atom. The molecule has 5 nitrogen and oxygen atoms in total. The first-order valence-corrected chi connectivity index (χ1v) is 9.76. The average molecular weight is 424 g/mol. The van der Waals surface area contributed by atoms with E-state index < -0.39 is 41.0 Å². The number of carbonyl (C=O) groups excluding carboxylic acids is 1. The van der Waals surface area contributed by atoms with Crippen molar-refractivity contribution in [2.45, 2.75) is 23.1 Å². The second-order valence-electron chi connectivity index (χ2n) is 6.06. The van der Waals surface area contributed by atoms with Crippen molar-refractivity contribution in [2.24, 2.45) is 0 Å². The van der Waals surface area contributed by atoms with Crippen LogP contribution in [0.1, 0.15) is 11.4 Å². The molecule has 1 atom stereocenters. The van der Waals surface area contributed by atoms with Gasteiger partial charge in [0.05, 0.1) is 28.6 Å². The van der Waals surface area contributed by atoms with Crippen LogP contribution in [0.3, 0.4) is 0 Å². The first-order chi connectivity index (χ1) is 13.3. The monoisotopic (exact) mass is 424 g/mol. The van der Waals surface area contributed by atoms with Crippen molar-refractivity contribution in [3.05, 3.63) is 52.8 Å². The molecule has 4 rings (SSSR count). The van der Waals surface area contributed by atoms with Crippen molar-refractivity contribution in [1.82, 2.24) is 4.98 Å². The second-order valence-corrected chi connectivity index (χ2v) is 8.42. The summed E-state index contributed by atoms with van der Waals surface area (Å²) in [5.41, 5.74) is 0.296. The number of rotatable bonds is 4. The molecule has 10 heteroatoms. The highest BCUT2D eigenvalue weighted by Crippen LogP contribution is 2.42. The fraction of sp³-hybridized carbons (Fsp3) is 0.167. The Morgan fingerprint density at radius 2 is 2.00 bits per heavy atom. The topological polar surface area (TPSA) is 70.5 Å². The summed E-state index contributed by atoms with van der Waals surface area (Å²) in [4.78, 5) is 29.8. The third-order valence-corrected chi connectivity index (χ3v) is 6.41. The number of hydrogen-bond acceptors (Lipinski definition) is 5. The third-order valence-electron chi connectivity index (χ3n) is 4.17. The molecule has 1 aliphatic heterocycles. The Morgan fingerprint density at radius 3 is 2.75 bits per heavy atom. The molecule has 1 N–H and O–H groups in total. The van der Waals surface area contributed by atoms with Crippen LogP contribution in [0.2, 0.25) is 0 Å². The van der Waals surface area contributed by atoms with E-state index in [1.807, 2.05) is 0 Å². The highest BCUT2D eigenvalue weighted by molar-refractivity contribution is 8.01. The van der Waals surface area contributed by atoms with Gasteiger partial charge >= 0.3 is 5.97 Å². The number of nitrogens with zero attached hydrogens (tertiary/aromatic N) is 2. The summed E-state index contributed by atoms with van der Waals surface area (Å²) in [6.07, 6.45) is -0.421. The molecule has 3 aromatic rings. The minimum atomic E-state index is -1.15. The van der Waals surface area contributed by atoms with Crippen molar-refractivity contribution >= 4 is 50.9 Å². The molecule has 1 aromatic heterocycles. The van der Waals surface area contributed by atoms with Crippen LogP contribution in [0.25, 0.3) is 10.2 Å². The number of thioether (sulfide) groups is 1. The van der Waals surface area contributed by atoms with Crippen LogP contribution in [0, 0.1) is 17.5 Å². The fourth-order valence-electron chi connectivity index (χ4n) is 2.94. The largest absolute Gasteiger partial charge is 0.481 e. The molecule has 0 fully saturated rings. The van der Waals surface area contributed by atoms with Crippen molar-refractivity contribution in [2.75, 3.05) is 4.90 Å². The number of aromatic nitrogens is 1. The van der Waals surface area contributed by atoms with Crippen LogP contribution in [0.5, 0.6) is 0 Å². The third kappa shape index (κ3) is 3.33. The molecule has 0 bridgehead atoms. The van der Waals surface area contributed by atoms with Crippen molar-refractivity contribution in [3.63, 3.8) is 0 Å². The summed E-state index contributed by atoms with van der Waals surface area (Å²) in [5.74, 6) is -4.20. The summed E-state index contributed by atoms with van der Waals surface area (Å²) >= 11 is 2.09. The van der Waals surface area contributed by atoms with E-state index in [2.05, 4.69) is 4.98 Å². The van der Waals surface area contributed by atoms with Crippen LogP contribution in [0.15, 0.2) is 35.2 Å². The molecular formula is C18H11F3N2O3S2. The van der Waals surface area contributed by atoms with Gasteiger partial charge in [0.25, 0.3) is 0 Å². The fourth-order valence-corrected chi connectivity index (χ4v) is 5.13. The number of amides is 1. The molecule has 1 amide bonds. The second kappa shape index (κ2) is 7.10. The number of hydrogen-bond donors (Lipinski definition) is 1. The molecule has 1 aliphatic rings. The van der Waals surface area contributed by atoms with Gasteiger partial charge in [0.1, 0.15) is 16.3 Å². The van der Waals surface area contributed by atoms with Crippen molar-refractivity contribution in [3.8, 4) is 0 Å². The Labute approximate surface area is 164 Å². The Hall–Kier alpha value is -2.59. The van der Waals surface area contributed by atoms with Gasteiger partial charge in [-0.2, -0.15) is 0 Å². The van der Waals surface area contributed by atoms with Crippen LogP contribution in [-0.2, 0) is 16.1 Å². The van der Waals surface area contributed by atoms with E-state index in [1.54, 1.807) is 0 Å². The summed E-state index contributed by atoms with van der Waals surface area (Å²) in [6.45, 7) is -0.0610. The zero-order valence-electron chi connectivity index (χ0n) is 14.0. The summed E-state index contributed by atoms with van der Waals surface area (Å²) in [6, 6.07) is 6.27. The zero-order chi connectivity index (χ0) is 20.0. The zero-order valence-corrected chi connectivity index (χ0v) is 15.6. The van der Waals surface area contributed by atoms with Gasteiger partial charge in [0.15, 0.2) is 11.6 Å². The first-order valence-electron chi connectivity index (χ1n) is 8.06. The van der Waals surface area contributed by atoms with Gasteiger partial charge in [-0.25, -0.2) is 18.2 Å². The molecule has 144 valence electrons. The number of halogens is 3. The Balaban J connectivity index is 1.74. The molecule has 28 heavy (non-hydrogen) atoms. The molecule has 0 radical (unpaired) electrons. The molecular weight excluding hydrogens is 413 g/mol. The van der Waals surface area contributed by atoms with Gasteiger partial charge < -0.3 is 10.0 Å². The first kappa shape index (κ1) is 18.8. The van der Waals surface area contributed by atoms with Gasteiger partial charge in [-0.3, -0.25) is 9.59 Å². The van der Waals surface area contributed by atoms with E-state index in [0.29, 0.717) is 20.3 Å². The summed E-state index contributed by atoms with van der Waals surface area (Å²) < 4.78 is 41.4. The quantitative estimate of drug-likeness (QED) is 0.680. The molecule has 0 saturated heterocycles. The minimum Gasteiger partial charge on any atom is -0.481 e. The lowest BCUT2D eigenvalue weighted by Crippen LogP contribution is -2.41. The number of benzene rings is 2. The van der Waals surface area contributed by atoms with Gasteiger partial charge in [-0.05, 0) is 30.3 Å². The van der Waals surface area contributed by atoms with Crippen LogP contribution < -0.4 is 4.90 Å². The number of fused-ring (bicyclic) bond motifs is 2. The molecule has 0 aliphatic carbocycles. The van der Waals surface area contributed by atoms with Crippen LogP contribution in [0.4, 0.5) is 18.9 Å². The highest BCUT2D eigenvalue weighted by atomic mass is 32.2. The lowest BCUT2D eigenvalue weighted by Gasteiger charge is -2.32. The predicted octanol–water partition coefficient (Wildman–Crippen LogP) is 4.20. The minimum absolute atomic E-state index is 0.0610. The predicted molar refractivity (Wildman–Crippen MR) is 99.0 cm³/mol. The van der Waals surface area contributed by atoms with Gasteiger partial charge in [-0.1, -0.05) is 0 Å². The van der Waals surface area contributed by atoms with Crippen molar-refractivity contribution < 1.29 is 27.9 Å². The van der Waals surface area contributed by atoms with E-state index in [1.165, 1.54) is 29.2 Å². The van der Waals surface area contributed by atoms with Gasteiger partial charge in [0.2, 0.25) is 5.91 Å². The molecule has 2 heterocycles. The standard InChI is InChI=1S/C18H11F3N2O3S2/c19-8-1-3-10-12(5-8)27-13(6-15(24)25)18(26)23(10)7-14-22-17-11(28-14)4-2-9(20)16(17)21/h1-5,13H,6-7H2,(H,24,25). The van der Waals surface area contributed by atoms with E-state index in [-0.39, 0.29) is 12.1 Å². The number of carboxylic acid groups (broad SMARTS) is 1. The Kier molecular flexibility index (Phi) is 4.76. The average Bonchev–Trinajstić information content (AvgIpc) is 3.05. The molecule has 0 saturated carbocycles. The van der Waals surface area contributed by atoms with Gasteiger partial charge in [0, 0.05) is 4.90 Å². The lowest BCUT2D eigenvalue weighted by atomic mass is 10.2. The summed E-state index contributed by atoms with van der Waals surface area (Å²) in [7, 11) is 0. The smallest absolute Gasteiger partial charge is 0.305 e. The molecule has 1 unspecified atom stereocenters. The van der Waals surface area contributed by atoms with Crippen LogP contribution in [-0.4, -0.2) is 27.2 Å². The lowest BCUT2D eigenvalue weighted by molar-refractivity contribution is -0.138. The number of thiazole rings is 1. The number of anilines is 1. The summed E-state index contributed by atoms with van der Waals surface area (Å²) in [5, 5.41) is 8.50. The Bertz CT molecular complexity index is 1120. The van der Waals surface area contributed by atoms with E-state index in [0.717, 1.165) is 29.2 Å². The van der Waals surface area contributed by atoms with E-state index in [4.69, 9.17) is 5.11 Å². The molecule has 0 spiro atoms. The normalized spacial score (nSPS) is 16.5. The molecule has 2 aromatic carbocycles.